The van der Waals surface area contributed by atoms with E-state index in [1.54, 1.807) is 0 Å². The molecular formula is C28H31N3O4S2. The maximum absolute atomic E-state index is 12.9. The highest BCUT2D eigenvalue weighted by atomic mass is 32.2. The molecule has 4 rings (SSSR count). The van der Waals surface area contributed by atoms with E-state index in [-0.39, 0.29) is 17.6 Å². The molecule has 1 aromatic heterocycles. The SMILES string of the molecule is CCCC(=O)Nc1cccc(SCC(=O)Nc2sc3c(c2C(=O)OC)CCN(Cc2ccccc2)C3)c1. The molecule has 2 heterocycles. The summed E-state index contributed by atoms with van der Waals surface area (Å²) in [5, 5.41) is 6.37. The van der Waals surface area contributed by atoms with E-state index in [4.69, 9.17) is 4.74 Å². The quantitative estimate of drug-likeness (QED) is 0.260. The summed E-state index contributed by atoms with van der Waals surface area (Å²) < 4.78 is 5.06. The number of rotatable bonds is 10. The normalized spacial score (nSPS) is 13.0. The monoisotopic (exact) mass is 537 g/mol. The lowest BCUT2D eigenvalue weighted by Crippen LogP contribution is -2.29. The van der Waals surface area contributed by atoms with Crippen LogP contribution in [-0.2, 0) is 33.8 Å². The van der Waals surface area contributed by atoms with Crippen molar-refractivity contribution in [1.82, 2.24) is 4.90 Å². The van der Waals surface area contributed by atoms with Crippen molar-refractivity contribution in [3.63, 3.8) is 0 Å². The molecule has 0 saturated carbocycles. The van der Waals surface area contributed by atoms with Crippen molar-refractivity contribution in [1.29, 1.82) is 0 Å². The Bertz CT molecular complexity index is 1260. The van der Waals surface area contributed by atoms with E-state index in [0.29, 0.717) is 22.7 Å². The number of hydrogen-bond acceptors (Lipinski definition) is 7. The van der Waals surface area contributed by atoms with Gasteiger partial charge in [-0.05, 0) is 42.2 Å². The zero-order valence-electron chi connectivity index (χ0n) is 21.0. The summed E-state index contributed by atoms with van der Waals surface area (Å²) in [6.45, 7) is 4.35. The predicted octanol–water partition coefficient (Wildman–Crippen LogP) is 5.56. The first-order chi connectivity index (χ1) is 18.0. The maximum atomic E-state index is 12.9. The number of thioether (sulfide) groups is 1. The van der Waals surface area contributed by atoms with Gasteiger partial charge in [-0.2, -0.15) is 0 Å². The van der Waals surface area contributed by atoms with Crippen LogP contribution in [0.15, 0.2) is 59.5 Å². The minimum absolute atomic E-state index is 0.0262. The molecule has 0 atom stereocenters. The minimum atomic E-state index is -0.424. The molecule has 0 bridgehead atoms. The fraction of sp³-hybridized carbons (Fsp3) is 0.321. The van der Waals surface area contributed by atoms with E-state index >= 15 is 0 Å². The van der Waals surface area contributed by atoms with Crippen LogP contribution >= 0.6 is 23.1 Å². The van der Waals surface area contributed by atoms with Crippen molar-refractivity contribution in [2.45, 2.75) is 44.2 Å². The van der Waals surface area contributed by atoms with Crippen molar-refractivity contribution in [3.8, 4) is 0 Å². The smallest absolute Gasteiger partial charge is 0.341 e. The minimum Gasteiger partial charge on any atom is -0.465 e. The summed E-state index contributed by atoms with van der Waals surface area (Å²) in [7, 11) is 1.37. The fourth-order valence-corrected chi connectivity index (χ4v) is 6.31. The number of anilines is 2. The van der Waals surface area contributed by atoms with Crippen molar-refractivity contribution in [2.24, 2.45) is 0 Å². The van der Waals surface area contributed by atoms with Gasteiger partial charge in [0.1, 0.15) is 5.00 Å². The standard InChI is InChI=1S/C28H31N3O4S2/c1-3-8-24(32)29-20-11-7-12-21(15-20)36-18-25(33)30-27-26(28(34)35-2)22-13-14-31(17-23(22)37-27)16-19-9-5-4-6-10-19/h4-7,9-12,15H,3,8,13-14,16-18H2,1-2H3,(H,29,32)(H,30,33). The Labute approximate surface area is 225 Å². The lowest BCUT2D eigenvalue weighted by atomic mass is 10.0. The summed E-state index contributed by atoms with van der Waals surface area (Å²) in [6.07, 6.45) is 1.98. The number of amides is 2. The number of methoxy groups -OCH3 is 1. The lowest BCUT2D eigenvalue weighted by molar-refractivity contribution is -0.116. The third-order valence-corrected chi connectivity index (χ3v) is 8.12. The number of nitrogens with one attached hydrogen (secondary N) is 2. The number of benzene rings is 2. The first-order valence-electron chi connectivity index (χ1n) is 12.3. The van der Waals surface area contributed by atoms with Crippen molar-refractivity contribution >= 4 is 51.6 Å². The van der Waals surface area contributed by atoms with Gasteiger partial charge in [0.2, 0.25) is 11.8 Å². The first-order valence-corrected chi connectivity index (χ1v) is 14.1. The van der Waals surface area contributed by atoms with E-state index in [9.17, 15) is 14.4 Å². The van der Waals surface area contributed by atoms with Crippen molar-refractivity contribution in [3.05, 3.63) is 76.2 Å². The maximum Gasteiger partial charge on any atom is 0.341 e. The molecule has 0 unspecified atom stereocenters. The average molecular weight is 538 g/mol. The topological polar surface area (TPSA) is 87.7 Å². The highest BCUT2D eigenvalue weighted by Crippen LogP contribution is 2.38. The van der Waals surface area contributed by atoms with Crippen LogP contribution in [0.25, 0.3) is 0 Å². The second-order valence-electron chi connectivity index (χ2n) is 8.81. The molecule has 0 aliphatic carbocycles. The van der Waals surface area contributed by atoms with Crippen molar-refractivity contribution < 1.29 is 19.1 Å². The first kappa shape index (κ1) is 26.9. The number of fused-ring (bicyclic) bond motifs is 1. The summed E-state index contributed by atoms with van der Waals surface area (Å²) in [5.41, 5.74) is 3.40. The Balaban J connectivity index is 1.41. The third kappa shape index (κ3) is 7.21. The third-order valence-electron chi connectivity index (χ3n) is 5.99. The summed E-state index contributed by atoms with van der Waals surface area (Å²) in [4.78, 5) is 41.7. The molecule has 0 spiro atoms. The van der Waals surface area contributed by atoms with Gasteiger partial charge < -0.3 is 15.4 Å². The molecule has 2 N–H and O–H groups in total. The van der Waals surface area contributed by atoms with Gasteiger partial charge in [0, 0.05) is 41.5 Å². The lowest BCUT2D eigenvalue weighted by Gasteiger charge is -2.27. The van der Waals surface area contributed by atoms with Gasteiger partial charge >= 0.3 is 5.97 Å². The van der Waals surface area contributed by atoms with Gasteiger partial charge in [-0.25, -0.2) is 4.79 Å². The zero-order chi connectivity index (χ0) is 26.2. The Kier molecular flexibility index (Phi) is 9.38. The van der Waals surface area contributed by atoms with Gasteiger partial charge in [0.25, 0.3) is 0 Å². The number of carbonyl (C=O) groups is 3. The van der Waals surface area contributed by atoms with E-state index in [0.717, 1.165) is 47.8 Å². The number of ether oxygens (including phenoxy) is 1. The largest absolute Gasteiger partial charge is 0.465 e. The number of carbonyl (C=O) groups excluding carboxylic acids is 3. The number of esters is 1. The molecule has 1 aliphatic rings. The molecular weight excluding hydrogens is 506 g/mol. The van der Waals surface area contributed by atoms with Crippen LogP contribution in [0.3, 0.4) is 0 Å². The van der Waals surface area contributed by atoms with Crippen LogP contribution in [0, 0.1) is 0 Å². The van der Waals surface area contributed by atoms with Gasteiger partial charge in [-0.3, -0.25) is 14.5 Å². The van der Waals surface area contributed by atoms with Crippen LogP contribution in [0.1, 0.15) is 46.1 Å². The summed E-state index contributed by atoms with van der Waals surface area (Å²) in [5.74, 6) is -0.472. The Morgan fingerprint density at radius 1 is 1.05 bits per heavy atom. The van der Waals surface area contributed by atoms with Gasteiger partial charge in [0.05, 0.1) is 18.4 Å². The number of hydrogen-bond donors (Lipinski definition) is 2. The van der Waals surface area contributed by atoms with Crippen molar-refractivity contribution in [2.75, 3.05) is 30.0 Å². The molecule has 0 saturated heterocycles. The molecule has 194 valence electrons. The Hall–Kier alpha value is -3.14. The molecule has 2 amide bonds. The molecule has 37 heavy (non-hydrogen) atoms. The molecule has 0 radical (unpaired) electrons. The van der Waals surface area contributed by atoms with Gasteiger partial charge in [0.15, 0.2) is 0 Å². The van der Waals surface area contributed by atoms with E-state index in [2.05, 4.69) is 27.7 Å². The molecule has 0 fully saturated rings. The van der Waals surface area contributed by atoms with Crippen LogP contribution in [-0.4, -0.2) is 42.1 Å². The molecule has 9 heteroatoms. The van der Waals surface area contributed by atoms with Gasteiger partial charge in [-0.15, -0.1) is 23.1 Å². The predicted molar refractivity (Wildman–Crippen MR) is 149 cm³/mol. The number of nitrogens with zero attached hydrogens (tertiary/aromatic N) is 1. The molecule has 1 aliphatic heterocycles. The van der Waals surface area contributed by atoms with E-state index in [1.807, 2.05) is 49.4 Å². The summed E-state index contributed by atoms with van der Waals surface area (Å²) in [6, 6.07) is 17.8. The van der Waals surface area contributed by atoms with Crippen LogP contribution in [0.2, 0.25) is 0 Å². The molecule has 3 aromatic rings. The second-order valence-corrected chi connectivity index (χ2v) is 11.0. The van der Waals surface area contributed by atoms with Crippen LogP contribution in [0.4, 0.5) is 10.7 Å². The zero-order valence-corrected chi connectivity index (χ0v) is 22.7. The Morgan fingerprint density at radius 3 is 2.62 bits per heavy atom. The van der Waals surface area contributed by atoms with E-state index < -0.39 is 5.97 Å². The highest BCUT2D eigenvalue weighted by molar-refractivity contribution is 8.00. The fourth-order valence-electron chi connectivity index (χ4n) is 4.26. The highest BCUT2D eigenvalue weighted by Gasteiger charge is 2.29. The van der Waals surface area contributed by atoms with Crippen LogP contribution < -0.4 is 10.6 Å². The summed E-state index contributed by atoms with van der Waals surface area (Å²) >= 11 is 2.83. The number of thiophene rings is 1. The average Bonchev–Trinajstić information content (AvgIpc) is 3.25. The Morgan fingerprint density at radius 2 is 1.86 bits per heavy atom. The van der Waals surface area contributed by atoms with E-state index in [1.165, 1.54) is 35.8 Å². The van der Waals surface area contributed by atoms with Gasteiger partial charge in [-0.1, -0.05) is 43.3 Å². The van der Waals surface area contributed by atoms with Crippen LogP contribution in [0.5, 0.6) is 0 Å². The molecule has 2 aromatic carbocycles. The second kappa shape index (κ2) is 12.9. The molecule has 7 nitrogen and oxygen atoms in total.